The van der Waals surface area contributed by atoms with Gasteiger partial charge in [0, 0.05) is 23.0 Å². The molecular weight excluding hydrogens is 474 g/mol. The molecule has 5 atom stereocenters. The molecule has 8 heteroatoms. The van der Waals surface area contributed by atoms with Crippen molar-refractivity contribution in [3.63, 3.8) is 0 Å². The van der Waals surface area contributed by atoms with Crippen LogP contribution in [0.25, 0.3) is 0 Å². The van der Waals surface area contributed by atoms with Crippen molar-refractivity contribution >= 4 is 8.32 Å². The predicted molar refractivity (Wildman–Crippen MR) is 139 cm³/mol. The van der Waals surface area contributed by atoms with E-state index in [0.29, 0.717) is 30.9 Å². The third kappa shape index (κ3) is 3.94. The van der Waals surface area contributed by atoms with Crippen LogP contribution >= 0.6 is 0 Å². The Morgan fingerprint density at radius 2 is 1.86 bits per heavy atom. The molecule has 1 aliphatic carbocycles. The number of nitrogens with zero attached hydrogens (tertiary/aromatic N) is 1. The quantitative estimate of drug-likeness (QED) is 0.243. The standard InChI is InChI=1S/C28H37NO6Si/c1-27(2,3)36(5,6)35-19-12-14-21-24(29(30)31)25-20-13-15-22(32-4)26(23(20)28(21,16-19)34-25)33-17-18-10-8-7-9-11-18/h7-11,13,15,19,21,24-25H,12,14,16-17H2,1-6H3/t19-,21+,24+,25-,28+/m0/s1. The number of nitro groups is 1. The molecule has 2 heterocycles. The summed E-state index contributed by atoms with van der Waals surface area (Å²) in [7, 11) is -0.405. The lowest BCUT2D eigenvalue weighted by Gasteiger charge is -2.46. The van der Waals surface area contributed by atoms with Crippen LogP contribution in [0.4, 0.5) is 0 Å². The number of benzene rings is 2. The van der Waals surface area contributed by atoms with Crippen molar-refractivity contribution in [2.24, 2.45) is 5.92 Å². The molecule has 2 aromatic carbocycles. The Labute approximate surface area is 214 Å². The lowest BCUT2D eigenvalue weighted by molar-refractivity contribution is -0.537. The predicted octanol–water partition coefficient (Wildman–Crippen LogP) is 6.39. The van der Waals surface area contributed by atoms with Crippen LogP contribution in [0, 0.1) is 16.0 Å². The van der Waals surface area contributed by atoms with E-state index in [2.05, 4.69) is 33.9 Å². The average Bonchev–Trinajstić information content (AvgIpc) is 3.32. The van der Waals surface area contributed by atoms with Gasteiger partial charge in [-0.1, -0.05) is 57.2 Å². The van der Waals surface area contributed by atoms with E-state index in [0.717, 1.165) is 23.1 Å². The molecule has 0 N–H and O–H groups in total. The third-order valence-corrected chi connectivity index (χ3v) is 13.4. The Kier molecular flexibility index (Phi) is 6.21. The van der Waals surface area contributed by atoms with Crippen LogP contribution < -0.4 is 9.47 Å². The molecule has 194 valence electrons. The van der Waals surface area contributed by atoms with Crippen molar-refractivity contribution in [2.75, 3.05) is 7.11 Å². The van der Waals surface area contributed by atoms with Gasteiger partial charge in [-0.2, -0.15) is 0 Å². The maximum absolute atomic E-state index is 12.3. The van der Waals surface area contributed by atoms with Crippen LogP contribution in [0.15, 0.2) is 42.5 Å². The minimum Gasteiger partial charge on any atom is -0.493 e. The van der Waals surface area contributed by atoms with E-state index in [-0.39, 0.29) is 22.0 Å². The van der Waals surface area contributed by atoms with Crippen LogP contribution in [0.5, 0.6) is 11.5 Å². The molecule has 1 saturated carbocycles. The molecule has 2 bridgehead atoms. The number of rotatable bonds is 7. The topological polar surface area (TPSA) is 80.1 Å². The highest BCUT2D eigenvalue weighted by Crippen LogP contribution is 2.67. The van der Waals surface area contributed by atoms with E-state index in [1.807, 2.05) is 42.5 Å². The maximum Gasteiger partial charge on any atom is 0.248 e. The summed E-state index contributed by atoms with van der Waals surface area (Å²) >= 11 is 0. The van der Waals surface area contributed by atoms with Gasteiger partial charge in [0.1, 0.15) is 12.2 Å². The van der Waals surface area contributed by atoms with Crippen molar-refractivity contribution in [2.45, 2.75) is 88.6 Å². The van der Waals surface area contributed by atoms with E-state index in [4.69, 9.17) is 18.6 Å². The monoisotopic (exact) mass is 511 g/mol. The van der Waals surface area contributed by atoms with Gasteiger partial charge < -0.3 is 18.6 Å². The molecule has 0 amide bonds. The van der Waals surface area contributed by atoms with Crippen molar-refractivity contribution in [1.29, 1.82) is 0 Å². The van der Waals surface area contributed by atoms with Gasteiger partial charge in [0.15, 0.2) is 25.9 Å². The third-order valence-electron chi connectivity index (χ3n) is 8.83. The summed E-state index contributed by atoms with van der Waals surface area (Å²) in [5, 5.41) is 12.3. The van der Waals surface area contributed by atoms with Crippen molar-refractivity contribution in [3.05, 3.63) is 69.3 Å². The van der Waals surface area contributed by atoms with Crippen LogP contribution in [-0.2, 0) is 21.4 Å². The van der Waals surface area contributed by atoms with Gasteiger partial charge in [-0.25, -0.2) is 0 Å². The fraction of sp³-hybridized carbons (Fsp3) is 0.571. The fourth-order valence-corrected chi connectivity index (χ4v) is 7.50. The van der Waals surface area contributed by atoms with Crippen molar-refractivity contribution in [1.82, 2.24) is 0 Å². The summed E-state index contributed by atoms with van der Waals surface area (Å²) < 4.78 is 25.7. The first-order chi connectivity index (χ1) is 17.0. The second-order valence-electron chi connectivity index (χ2n) is 11.9. The van der Waals surface area contributed by atoms with Crippen LogP contribution in [0.3, 0.4) is 0 Å². The number of methoxy groups -OCH3 is 1. The first-order valence-electron chi connectivity index (χ1n) is 12.9. The normalized spacial score (nSPS) is 28.9. The van der Waals surface area contributed by atoms with Gasteiger partial charge in [0.05, 0.1) is 13.0 Å². The molecule has 3 aliphatic rings. The summed E-state index contributed by atoms with van der Waals surface area (Å²) in [4.78, 5) is 12.1. The molecule has 0 unspecified atom stereocenters. The molecule has 2 fully saturated rings. The minimum atomic E-state index is -2.03. The van der Waals surface area contributed by atoms with Gasteiger partial charge in [-0.15, -0.1) is 0 Å². The van der Waals surface area contributed by atoms with E-state index in [1.54, 1.807) is 7.11 Å². The SMILES string of the molecule is COc1ccc2c(c1OCc1ccccc1)[C@@]13C[C@@H](O[Si](C)(C)C(C)(C)C)CC[C@@H]1[C@@H]([N+](=O)[O-])[C@H]2O3. The zero-order valence-electron chi connectivity index (χ0n) is 22.1. The molecule has 2 aromatic rings. The largest absolute Gasteiger partial charge is 0.493 e. The highest BCUT2D eigenvalue weighted by atomic mass is 28.4. The first-order valence-corrected chi connectivity index (χ1v) is 15.8. The number of hydrogen-bond donors (Lipinski definition) is 0. The molecule has 0 radical (unpaired) electrons. The number of ether oxygens (including phenoxy) is 3. The summed E-state index contributed by atoms with van der Waals surface area (Å²) in [5.74, 6) is 1.04. The van der Waals surface area contributed by atoms with Gasteiger partial charge in [-0.05, 0) is 48.2 Å². The Morgan fingerprint density at radius 1 is 1.14 bits per heavy atom. The zero-order valence-corrected chi connectivity index (χ0v) is 23.1. The number of hydrogen-bond acceptors (Lipinski definition) is 6. The molecule has 5 rings (SSSR count). The highest BCUT2D eigenvalue weighted by molar-refractivity contribution is 6.74. The van der Waals surface area contributed by atoms with Crippen LogP contribution in [0.1, 0.15) is 62.8 Å². The molecule has 1 spiro atoms. The Balaban J connectivity index is 1.56. The zero-order chi connectivity index (χ0) is 25.9. The van der Waals surface area contributed by atoms with Crippen molar-refractivity contribution < 1.29 is 23.6 Å². The van der Waals surface area contributed by atoms with E-state index < -0.39 is 26.1 Å². The number of fused-ring (bicyclic) bond motifs is 3. The van der Waals surface area contributed by atoms with Crippen LogP contribution in [0.2, 0.25) is 18.1 Å². The smallest absolute Gasteiger partial charge is 0.248 e. The average molecular weight is 512 g/mol. The van der Waals surface area contributed by atoms with Crippen LogP contribution in [-0.4, -0.2) is 32.5 Å². The Morgan fingerprint density at radius 3 is 2.50 bits per heavy atom. The second-order valence-corrected chi connectivity index (χ2v) is 16.7. The summed E-state index contributed by atoms with van der Waals surface area (Å²) in [6, 6.07) is 13.0. The summed E-state index contributed by atoms with van der Waals surface area (Å²) in [6.45, 7) is 11.6. The molecule has 2 aliphatic heterocycles. The lowest BCUT2D eigenvalue weighted by Crippen LogP contribution is -2.51. The van der Waals surface area contributed by atoms with E-state index in [9.17, 15) is 10.1 Å². The van der Waals surface area contributed by atoms with Crippen molar-refractivity contribution in [3.8, 4) is 11.5 Å². The summed E-state index contributed by atoms with van der Waals surface area (Å²) in [6.07, 6.45) is 1.48. The molecule has 7 nitrogen and oxygen atoms in total. The van der Waals surface area contributed by atoms with Gasteiger partial charge >= 0.3 is 0 Å². The van der Waals surface area contributed by atoms with E-state index in [1.165, 1.54) is 0 Å². The van der Waals surface area contributed by atoms with Gasteiger partial charge in [0.2, 0.25) is 6.04 Å². The molecular formula is C28H37NO6Si. The van der Waals surface area contributed by atoms with E-state index >= 15 is 0 Å². The van der Waals surface area contributed by atoms with Gasteiger partial charge in [0.25, 0.3) is 0 Å². The second kappa shape index (κ2) is 8.85. The molecule has 1 saturated heterocycles. The maximum atomic E-state index is 12.3. The lowest BCUT2D eigenvalue weighted by atomic mass is 9.64. The Hall–Kier alpha value is -2.42. The molecule has 0 aromatic heterocycles. The fourth-order valence-electron chi connectivity index (χ4n) is 6.11. The van der Waals surface area contributed by atoms with Gasteiger partial charge in [-0.3, -0.25) is 10.1 Å². The minimum absolute atomic E-state index is 0.0209. The molecule has 36 heavy (non-hydrogen) atoms. The highest BCUT2D eigenvalue weighted by Gasteiger charge is 2.70. The summed E-state index contributed by atoms with van der Waals surface area (Å²) in [5.41, 5.74) is 2.00. The first kappa shape index (κ1) is 25.2. The Bertz CT molecular complexity index is 1150.